The molecule has 0 amide bonds. The quantitative estimate of drug-likeness (QED) is 0.716. The largest absolute Gasteiger partial charge is 0.488 e. The minimum Gasteiger partial charge on any atom is -0.488 e. The number of ether oxygens (including phenoxy) is 1. The maximum absolute atomic E-state index is 13.6. The highest BCUT2D eigenvalue weighted by Crippen LogP contribution is 2.21. The van der Waals surface area contributed by atoms with Crippen LogP contribution < -0.4 is 4.74 Å². The average Bonchev–Trinajstić information content (AvgIpc) is 2.37. The number of hydrogen-bond donors (Lipinski definition) is 1. The highest BCUT2D eigenvalue weighted by atomic mass is 19.1. The molecule has 0 aliphatic heterocycles. The number of carbonyl (C=O) groups is 1. The van der Waals surface area contributed by atoms with Gasteiger partial charge in [-0.2, -0.15) is 0 Å². The van der Waals surface area contributed by atoms with E-state index in [-0.39, 0.29) is 17.4 Å². The predicted octanol–water partition coefficient (Wildman–Crippen LogP) is 4.26. The second-order valence-corrected chi connectivity index (χ2v) is 4.73. The molecular weight excluding hydrogens is 247 g/mol. The minimum atomic E-state index is -1.14. The van der Waals surface area contributed by atoms with Crippen LogP contribution in [0, 0.1) is 5.82 Å². The Balaban J connectivity index is 2.50. The lowest BCUT2D eigenvalue weighted by atomic mass is 10.1. The topological polar surface area (TPSA) is 46.5 Å². The normalized spacial score (nSPS) is 12.2. The highest BCUT2D eigenvalue weighted by molar-refractivity contribution is 5.87. The highest BCUT2D eigenvalue weighted by Gasteiger charge is 2.11. The number of aromatic carboxylic acids is 1. The van der Waals surface area contributed by atoms with E-state index < -0.39 is 11.8 Å². The van der Waals surface area contributed by atoms with Crippen LogP contribution in [0.5, 0.6) is 5.75 Å². The number of rotatable bonds is 8. The third-order valence-electron chi connectivity index (χ3n) is 2.97. The zero-order valence-electron chi connectivity index (χ0n) is 11.5. The molecule has 0 spiro atoms. The molecule has 1 aromatic carbocycles. The zero-order chi connectivity index (χ0) is 14.3. The van der Waals surface area contributed by atoms with Crippen molar-refractivity contribution in [2.24, 2.45) is 0 Å². The number of carboxylic acid groups (broad SMARTS) is 1. The van der Waals surface area contributed by atoms with Crippen molar-refractivity contribution in [1.29, 1.82) is 0 Å². The number of carboxylic acids is 1. The Morgan fingerprint density at radius 3 is 2.68 bits per heavy atom. The molecule has 0 heterocycles. The van der Waals surface area contributed by atoms with Gasteiger partial charge in [0.1, 0.15) is 0 Å². The molecule has 1 aromatic rings. The van der Waals surface area contributed by atoms with Crippen molar-refractivity contribution in [2.75, 3.05) is 0 Å². The van der Waals surface area contributed by atoms with E-state index in [1.807, 2.05) is 6.92 Å². The van der Waals surface area contributed by atoms with Gasteiger partial charge in [0, 0.05) is 0 Å². The first kappa shape index (κ1) is 15.5. The maximum atomic E-state index is 13.6. The number of benzene rings is 1. The Labute approximate surface area is 113 Å². The van der Waals surface area contributed by atoms with Gasteiger partial charge in [-0.15, -0.1) is 0 Å². The summed E-state index contributed by atoms with van der Waals surface area (Å²) in [4.78, 5) is 10.7. The van der Waals surface area contributed by atoms with Gasteiger partial charge in [-0.3, -0.25) is 0 Å². The molecule has 0 aliphatic carbocycles. The van der Waals surface area contributed by atoms with Crippen molar-refractivity contribution in [3.05, 3.63) is 29.6 Å². The Morgan fingerprint density at radius 1 is 1.37 bits per heavy atom. The minimum absolute atomic E-state index is 0.0676. The molecule has 3 nitrogen and oxygen atoms in total. The molecular formula is C15H21FO3. The van der Waals surface area contributed by atoms with Gasteiger partial charge in [0.15, 0.2) is 11.6 Å². The molecule has 0 saturated heterocycles. The summed E-state index contributed by atoms with van der Waals surface area (Å²) in [5, 5.41) is 8.74. The fourth-order valence-electron chi connectivity index (χ4n) is 1.86. The van der Waals surface area contributed by atoms with Crippen molar-refractivity contribution in [1.82, 2.24) is 0 Å². The van der Waals surface area contributed by atoms with Gasteiger partial charge in [-0.25, -0.2) is 9.18 Å². The molecule has 0 aromatic heterocycles. The van der Waals surface area contributed by atoms with Crippen LogP contribution in [-0.4, -0.2) is 17.2 Å². The SMILES string of the molecule is CCCCCC[C@@H](C)Oc1ccc(C(=O)O)cc1F. The molecule has 19 heavy (non-hydrogen) atoms. The van der Waals surface area contributed by atoms with Crippen LogP contribution >= 0.6 is 0 Å². The van der Waals surface area contributed by atoms with Crippen LogP contribution in [-0.2, 0) is 0 Å². The second-order valence-electron chi connectivity index (χ2n) is 4.73. The van der Waals surface area contributed by atoms with Crippen LogP contribution in [0.4, 0.5) is 4.39 Å². The molecule has 0 bridgehead atoms. The Morgan fingerprint density at radius 2 is 2.11 bits per heavy atom. The monoisotopic (exact) mass is 268 g/mol. The molecule has 0 saturated carbocycles. The number of unbranched alkanes of at least 4 members (excludes halogenated alkanes) is 3. The van der Waals surface area contributed by atoms with Gasteiger partial charge in [0.05, 0.1) is 11.7 Å². The predicted molar refractivity (Wildman–Crippen MR) is 72.2 cm³/mol. The van der Waals surface area contributed by atoms with Gasteiger partial charge in [-0.05, 0) is 38.0 Å². The first-order chi connectivity index (χ1) is 9.04. The molecule has 1 N–H and O–H groups in total. The van der Waals surface area contributed by atoms with Crippen LogP contribution in [0.15, 0.2) is 18.2 Å². The van der Waals surface area contributed by atoms with Crippen molar-refractivity contribution in [2.45, 2.75) is 52.1 Å². The molecule has 1 rings (SSSR count). The van der Waals surface area contributed by atoms with E-state index in [0.717, 1.165) is 25.3 Å². The average molecular weight is 268 g/mol. The summed E-state index contributed by atoms with van der Waals surface area (Å²) in [6.07, 6.45) is 5.41. The van der Waals surface area contributed by atoms with Gasteiger partial charge < -0.3 is 9.84 Å². The number of halogens is 1. The second kappa shape index (κ2) is 7.77. The summed E-state index contributed by atoms with van der Waals surface area (Å²) in [5.74, 6) is -1.65. The molecule has 1 atom stereocenters. The van der Waals surface area contributed by atoms with Crippen molar-refractivity contribution in [3.8, 4) is 5.75 Å². The molecule has 4 heteroatoms. The lowest BCUT2D eigenvalue weighted by Gasteiger charge is -2.15. The standard InChI is InChI=1S/C15H21FO3/c1-3-4-5-6-7-11(2)19-14-9-8-12(15(17)18)10-13(14)16/h8-11H,3-7H2,1-2H3,(H,17,18)/t11-/m1/s1. The van der Waals surface area contributed by atoms with E-state index in [1.54, 1.807) is 0 Å². The van der Waals surface area contributed by atoms with Crippen LogP contribution in [0.2, 0.25) is 0 Å². The summed E-state index contributed by atoms with van der Waals surface area (Å²) in [7, 11) is 0. The summed E-state index contributed by atoms with van der Waals surface area (Å²) in [5.41, 5.74) is -0.0690. The zero-order valence-corrected chi connectivity index (χ0v) is 11.5. The Kier molecular flexibility index (Phi) is 6.33. The maximum Gasteiger partial charge on any atom is 0.335 e. The molecule has 0 fully saturated rings. The lowest BCUT2D eigenvalue weighted by molar-refractivity contribution is 0.0696. The fourth-order valence-corrected chi connectivity index (χ4v) is 1.86. The smallest absolute Gasteiger partial charge is 0.335 e. The summed E-state index contributed by atoms with van der Waals surface area (Å²) < 4.78 is 19.1. The first-order valence-electron chi connectivity index (χ1n) is 6.74. The van der Waals surface area contributed by atoms with E-state index in [4.69, 9.17) is 9.84 Å². The summed E-state index contributed by atoms with van der Waals surface area (Å²) in [6, 6.07) is 3.72. The van der Waals surface area contributed by atoms with Crippen LogP contribution in [0.3, 0.4) is 0 Å². The third kappa shape index (κ3) is 5.28. The van der Waals surface area contributed by atoms with Gasteiger partial charge in [0.2, 0.25) is 0 Å². The van der Waals surface area contributed by atoms with Crippen LogP contribution in [0.1, 0.15) is 56.3 Å². The molecule has 0 radical (unpaired) electrons. The van der Waals surface area contributed by atoms with E-state index in [1.165, 1.54) is 25.0 Å². The van der Waals surface area contributed by atoms with Crippen molar-refractivity contribution >= 4 is 5.97 Å². The van der Waals surface area contributed by atoms with E-state index in [0.29, 0.717) is 0 Å². The lowest BCUT2D eigenvalue weighted by Crippen LogP contribution is -2.12. The molecule has 0 unspecified atom stereocenters. The van der Waals surface area contributed by atoms with E-state index >= 15 is 0 Å². The molecule has 0 aliphatic rings. The summed E-state index contributed by atoms with van der Waals surface area (Å²) >= 11 is 0. The molecule has 106 valence electrons. The Hall–Kier alpha value is -1.58. The summed E-state index contributed by atoms with van der Waals surface area (Å²) in [6.45, 7) is 4.05. The van der Waals surface area contributed by atoms with Gasteiger partial charge in [0.25, 0.3) is 0 Å². The van der Waals surface area contributed by atoms with Crippen LogP contribution in [0.25, 0.3) is 0 Å². The van der Waals surface area contributed by atoms with E-state index in [2.05, 4.69) is 6.92 Å². The van der Waals surface area contributed by atoms with Gasteiger partial charge >= 0.3 is 5.97 Å². The Bertz CT molecular complexity index is 418. The van der Waals surface area contributed by atoms with Crippen molar-refractivity contribution in [3.63, 3.8) is 0 Å². The van der Waals surface area contributed by atoms with Crippen molar-refractivity contribution < 1.29 is 19.0 Å². The fraction of sp³-hybridized carbons (Fsp3) is 0.533. The van der Waals surface area contributed by atoms with Gasteiger partial charge in [-0.1, -0.05) is 26.2 Å². The first-order valence-corrected chi connectivity index (χ1v) is 6.74. The van der Waals surface area contributed by atoms with E-state index in [9.17, 15) is 9.18 Å². The third-order valence-corrected chi connectivity index (χ3v) is 2.97. The number of hydrogen-bond acceptors (Lipinski definition) is 2.